The molecular formula is C26H52ClN3O2. The van der Waals surface area contributed by atoms with E-state index in [1.54, 1.807) is 0 Å². The van der Waals surface area contributed by atoms with E-state index >= 15 is 0 Å². The number of nitrogens with one attached hydrogen (secondary N) is 1. The second kappa shape index (κ2) is 14.4. The molecule has 3 rings (SSSR count). The van der Waals surface area contributed by atoms with E-state index in [0.717, 1.165) is 18.9 Å². The summed E-state index contributed by atoms with van der Waals surface area (Å²) >= 11 is 6.24. The third kappa shape index (κ3) is 8.83. The van der Waals surface area contributed by atoms with Crippen LogP contribution in [-0.2, 0) is 0 Å². The Morgan fingerprint density at radius 1 is 1.16 bits per heavy atom. The number of hydrogen-bond donors (Lipinski definition) is 2. The van der Waals surface area contributed by atoms with E-state index in [0.29, 0.717) is 23.3 Å². The molecule has 0 aromatic carbocycles. The number of allylic oxidation sites excluding steroid dienone is 6. The predicted octanol–water partition coefficient (Wildman–Crippen LogP) is 5.30. The molecule has 1 aliphatic heterocycles. The molecule has 1 saturated heterocycles. The molecule has 6 heteroatoms. The summed E-state index contributed by atoms with van der Waals surface area (Å²) in [5.41, 5.74) is 3.30. The maximum atomic E-state index is 6.24. The Bertz CT molecular complexity index is 631. The highest BCUT2D eigenvalue weighted by Gasteiger charge is 2.38. The highest BCUT2D eigenvalue weighted by Crippen LogP contribution is 2.41. The van der Waals surface area contributed by atoms with Gasteiger partial charge in [0.1, 0.15) is 0 Å². The lowest BCUT2D eigenvalue weighted by Gasteiger charge is -2.46. The average Bonchev–Trinajstić information content (AvgIpc) is 2.63. The molecule has 32 heavy (non-hydrogen) atoms. The Morgan fingerprint density at radius 3 is 2.34 bits per heavy atom. The minimum absolute atomic E-state index is 0. The van der Waals surface area contributed by atoms with Gasteiger partial charge in [0.05, 0.1) is 5.38 Å². The van der Waals surface area contributed by atoms with Crippen molar-refractivity contribution in [1.82, 2.24) is 16.4 Å². The van der Waals surface area contributed by atoms with Crippen molar-refractivity contribution in [2.45, 2.75) is 85.6 Å². The van der Waals surface area contributed by atoms with E-state index in [9.17, 15) is 0 Å². The number of alkyl halides is 1. The Labute approximate surface area is 202 Å². The second-order valence-electron chi connectivity index (χ2n) is 10.5. The molecule has 1 heterocycles. The fraction of sp³-hybridized carbons (Fsp3) is 0.769. The molecule has 0 bridgehead atoms. The number of nitrogens with zero attached hydrogens (tertiary/aromatic N) is 1. The number of rotatable bonds is 6. The van der Waals surface area contributed by atoms with Gasteiger partial charge < -0.3 is 27.3 Å². The van der Waals surface area contributed by atoms with E-state index in [1.807, 2.05) is 0 Å². The quantitative estimate of drug-likeness (QED) is 0.510. The molecular weight excluding hydrogens is 422 g/mol. The topological polar surface area (TPSA) is 113 Å². The van der Waals surface area contributed by atoms with E-state index in [1.165, 1.54) is 50.0 Å². The predicted molar refractivity (Wildman–Crippen MR) is 142 cm³/mol. The van der Waals surface area contributed by atoms with Crippen molar-refractivity contribution in [2.24, 2.45) is 23.2 Å². The van der Waals surface area contributed by atoms with Gasteiger partial charge in [0.2, 0.25) is 0 Å². The van der Waals surface area contributed by atoms with Crippen LogP contribution in [-0.4, -0.2) is 46.9 Å². The lowest BCUT2D eigenvalue weighted by Crippen LogP contribution is -2.51. The summed E-state index contributed by atoms with van der Waals surface area (Å²) in [6, 6.07) is 0.540. The van der Waals surface area contributed by atoms with Crippen LogP contribution in [0.25, 0.3) is 0 Å². The molecule has 0 radical (unpaired) electrons. The number of piperidine rings is 1. The molecule has 1 fully saturated rings. The first kappa shape index (κ1) is 33.3. The largest absolute Gasteiger partial charge is 0.412 e. The molecule has 0 aromatic rings. The van der Waals surface area contributed by atoms with Gasteiger partial charge in [-0.05, 0) is 67.4 Å². The lowest BCUT2D eigenvalue weighted by atomic mass is 9.69. The molecule has 2 unspecified atom stereocenters. The first-order valence-corrected chi connectivity index (χ1v) is 11.9. The van der Waals surface area contributed by atoms with Crippen molar-refractivity contribution >= 4 is 11.6 Å². The van der Waals surface area contributed by atoms with Crippen LogP contribution in [0.4, 0.5) is 0 Å². The summed E-state index contributed by atoms with van der Waals surface area (Å²) < 4.78 is 0. The normalized spacial score (nSPS) is 28.0. The van der Waals surface area contributed by atoms with E-state index < -0.39 is 0 Å². The summed E-state index contributed by atoms with van der Waals surface area (Å²) in [7, 11) is 0. The van der Waals surface area contributed by atoms with Crippen molar-refractivity contribution in [1.29, 1.82) is 0 Å². The molecule has 8 N–H and O–H groups in total. The van der Waals surface area contributed by atoms with Crippen molar-refractivity contribution in [3.05, 3.63) is 35.6 Å². The zero-order valence-corrected chi connectivity index (χ0v) is 21.1. The summed E-state index contributed by atoms with van der Waals surface area (Å²) in [6.07, 6.45) is 15.3. The fourth-order valence-electron chi connectivity index (χ4n) is 5.15. The van der Waals surface area contributed by atoms with Gasteiger partial charge in [-0.3, -0.25) is 0 Å². The summed E-state index contributed by atoms with van der Waals surface area (Å²) in [6.45, 7) is 15.5. The van der Waals surface area contributed by atoms with E-state index in [2.05, 4.69) is 69.1 Å². The third-order valence-corrected chi connectivity index (χ3v) is 7.41. The smallest absolute Gasteiger partial charge is 0.0553 e. The van der Waals surface area contributed by atoms with Gasteiger partial charge in [0.25, 0.3) is 0 Å². The summed E-state index contributed by atoms with van der Waals surface area (Å²) in [5, 5.41) is 4.09. The van der Waals surface area contributed by atoms with E-state index in [-0.39, 0.29) is 29.9 Å². The lowest BCUT2D eigenvalue weighted by molar-refractivity contribution is 0.0641. The average molecular weight is 474 g/mol. The third-order valence-electron chi connectivity index (χ3n) is 7.09. The summed E-state index contributed by atoms with van der Waals surface area (Å²) in [5.74, 6) is 2.14. The van der Waals surface area contributed by atoms with Crippen LogP contribution in [0, 0.1) is 23.2 Å². The molecule has 4 atom stereocenters. The van der Waals surface area contributed by atoms with Gasteiger partial charge in [0, 0.05) is 24.8 Å². The number of halogens is 1. The van der Waals surface area contributed by atoms with Crippen molar-refractivity contribution in [2.75, 3.05) is 19.6 Å². The molecule has 190 valence electrons. The number of likely N-dealkylation sites (tertiary alicyclic amines) is 1. The van der Waals surface area contributed by atoms with Crippen LogP contribution < -0.4 is 11.5 Å². The van der Waals surface area contributed by atoms with Gasteiger partial charge >= 0.3 is 0 Å². The minimum atomic E-state index is 0. The maximum Gasteiger partial charge on any atom is 0.0553 e. The summed E-state index contributed by atoms with van der Waals surface area (Å²) in [4.78, 5) is 2.71. The van der Waals surface area contributed by atoms with Crippen LogP contribution in [0.2, 0.25) is 0 Å². The van der Waals surface area contributed by atoms with Crippen LogP contribution in [0.5, 0.6) is 0 Å². The van der Waals surface area contributed by atoms with Crippen molar-refractivity contribution < 1.29 is 11.0 Å². The van der Waals surface area contributed by atoms with Gasteiger partial charge in [-0.2, -0.15) is 0 Å². The SMILES string of the molecule is C.CC1CC=C(N[C@@H](CN2CC[C@H](C3=CCC(Cl)C=C3)C(C)(C)C2)C(C)C)CC1.N.O.O. The molecule has 0 saturated carbocycles. The Balaban J connectivity index is 0. The van der Waals surface area contributed by atoms with Crippen LogP contribution in [0.3, 0.4) is 0 Å². The first-order chi connectivity index (χ1) is 13.2. The molecule has 5 nitrogen and oxygen atoms in total. The zero-order chi connectivity index (χ0) is 20.3. The highest BCUT2D eigenvalue weighted by atomic mass is 35.5. The first-order valence-electron chi connectivity index (χ1n) is 11.4. The molecule has 0 amide bonds. The monoisotopic (exact) mass is 473 g/mol. The highest BCUT2D eigenvalue weighted by molar-refractivity contribution is 6.22. The molecule has 0 spiro atoms. The van der Waals surface area contributed by atoms with Crippen LogP contribution >= 0.6 is 11.6 Å². The van der Waals surface area contributed by atoms with Crippen LogP contribution in [0.15, 0.2) is 35.6 Å². The van der Waals surface area contributed by atoms with Crippen LogP contribution in [0.1, 0.15) is 74.1 Å². The Hall–Kier alpha value is -0.850. The van der Waals surface area contributed by atoms with Crippen molar-refractivity contribution in [3.8, 4) is 0 Å². The Morgan fingerprint density at radius 2 is 1.84 bits per heavy atom. The number of hydrogen-bond acceptors (Lipinski definition) is 3. The van der Waals surface area contributed by atoms with Gasteiger partial charge in [-0.25, -0.2) is 0 Å². The van der Waals surface area contributed by atoms with E-state index in [4.69, 9.17) is 11.6 Å². The Kier molecular flexibility index (Phi) is 15.0. The van der Waals surface area contributed by atoms with Crippen molar-refractivity contribution in [3.63, 3.8) is 0 Å². The second-order valence-corrected chi connectivity index (χ2v) is 11.0. The molecule has 0 aromatic heterocycles. The molecule has 3 aliphatic rings. The van der Waals surface area contributed by atoms with Gasteiger partial charge in [-0.1, -0.05) is 66.3 Å². The van der Waals surface area contributed by atoms with Gasteiger partial charge in [0.15, 0.2) is 0 Å². The standard InChI is InChI=1S/C25H41ClN2.CH4.H3N.2H2O/c1-18(2)24(27-22-12-6-19(3)7-13-22)16-28-15-14-23(25(4,5)17-28)20-8-10-21(26)11-9-20;;;;/h8-10,12,18-19,21,23-24,27H,6-7,11,13-17H2,1-5H3;1H4;1H3;2*1H2/t19?,21?,23-,24+;;;;/m1..../s1. The maximum absolute atomic E-state index is 6.24. The fourth-order valence-corrected chi connectivity index (χ4v) is 5.31. The zero-order valence-electron chi connectivity index (χ0n) is 20.4. The van der Waals surface area contributed by atoms with Gasteiger partial charge in [-0.15, -0.1) is 11.6 Å². The molecule has 2 aliphatic carbocycles. The minimum Gasteiger partial charge on any atom is -0.412 e.